The Bertz CT molecular complexity index is 1250. The van der Waals surface area contributed by atoms with E-state index in [0.29, 0.717) is 0 Å². The summed E-state index contributed by atoms with van der Waals surface area (Å²) in [4.78, 5) is 13.3. The summed E-state index contributed by atoms with van der Waals surface area (Å²) in [5.41, 5.74) is -1.02. The molecule has 8 N–H and O–H groups in total. The summed E-state index contributed by atoms with van der Waals surface area (Å²) >= 11 is 0. The Labute approximate surface area is 185 Å². The van der Waals surface area contributed by atoms with Crippen molar-refractivity contribution in [3.63, 3.8) is 0 Å². The Morgan fingerprint density at radius 2 is 1.64 bits per heavy atom. The van der Waals surface area contributed by atoms with Crippen molar-refractivity contribution in [1.82, 2.24) is 0 Å². The third kappa shape index (κ3) is 3.91. The molecule has 1 heterocycles. The maximum Gasteiger partial charge on any atom is 0.239 e. The van der Waals surface area contributed by atoms with E-state index in [1.54, 1.807) is 0 Å². The van der Waals surface area contributed by atoms with Gasteiger partial charge in [-0.2, -0.15) is 0 Å². The number of phenolic OH excluding ortho intramolecular Hbond substituents is 4. The summed E-state index contributed by atoms with van der Waals surface area (Å²) in [7, 11) is 0. The summed E-state index contributed by atoms with van der Waals surface area (Å²) in [6.45, 7) is -0.518. The average Bonchev–Trinajstić information content (AvgIpc) is 2.76. The second-order valence-corrected chi connectivity index (χ2v) is 7.94. The largest absolute Gasteiger partial charge is 0.508 e. The number of aromatic hydroxyl groups is 4. The minimum atomic E-state index is -1.67. The Kier molecular flexibility index (Phi) is 5.80. The smallest absolute Gasteiger partial charge is 0.239 e. The van der Waals surface area contributed by atoms with Crippen molar-refractivity contribution in [2.24, 2.45) is 5.92 Å². The van der Waals surface area contributed by atoms with Crippen LogP contribution >= 0.6 is 0 Å². The molecule has 4 rings (SSSR count). The van der Waals surface area contributed by atoms with Gasteiger partial charge in [0, 0.05) is 30.2 Å². The molecule has 0 amide bonds. The van der Waals surface area contributed by atoms with Gasteiger partial charge in [-0.25, -0.2) is 0 Å². The number of fused-ring (bicyclic) bond motifs is 1. The second-order valence-electron chi connectivity index (χ2n) is 7.94. The van der Waals surface area contributed by atoms with Crippen LogP contribution in [0.1, 0.15) is 6.42 Å². The summed E-state index contributed by atoms with van der Waals surface area (Å²) in [5, 5.41) is 79.3. The molecule has 3 aromatic rings. The molecule has 1 saturated carbocycles. The van der Waals surface area contributed by atoms with Crippen LogP contribution in [0.5, 0.6) is 28.7 Å². The van der Waals surface area contributed by atoms with Crippen molar-refractivity contribution in [2.45, 2.75) is 30.8 Å². The molecule has 0 radical (unpaired) electrons. The first-order valence-electron chi connectivity index (χ1n) is 9.99. The maximum atomic E-state index is 13.3. The first kappa shape index (κ1) is 22.7. The molecule has 0 spiro atoms. The van der Waals surface area contributed by atoms with E-state index in [1.807, 2.05) is 0 Å². The molecular weight excluding hydrogens is 440 g/mol. The summed E-state index contributed by atoms with van der Waals surface area (Å²) in [6, 6.07) is 5.53. The summed E-state index contributed by atoms with van der Waals surface area (Å²) in [5.74, 6) is -3.58. The Morgan fingerprint density at radius 3 is 2.30 bits per heavy atom. The topological polar surface area (TPSA) is 201 Å². The summed E-state index contributed by atoms with van der Waals surface area (Å²) < 4.78 is 11.5. The number of rotatable bonds is 4. The fourth-order valence-corrected chi connectivity index (χ4v) is 3.96. The van der Waals surface area contributed by atoms with Crippen LogP contribution in [-0.2, 0) is 0 Å². The van der Waals surface area contributed by atoms with E-state index < -0.39 is 65.4 Å². The van der Waals surface area contributed by atoms with Gasteiger partial charge in [0.1, 0.15) is 40.8 Å². The molecule has 5 atom stereocenters. The maximum absolute atomic E-state index is 13.3. The number of hydrogen-bond donors (Lipinski definition) is 8. The second kappa shape index (κ2) is 8.45. The molecule has 11 nitrogen and oxygen atoms in total. The highest BCUT2D eigenvalue weighted by atomic mass is 16.5. The van der Waals surface area contributed by atoms with Gasteiger partial charge in [-0.15, -0.1) is 0 Å². The van der Waals surface area contributed by atoms with E-state index >= 15 is 0 Å². The third-order valence-electron chi connectivity index (χ3n) is 5.76. The first-order valence-corrected chi connectivity index (χ1v) is 9.99. The predicted molar refractivity (Wildman–Crippen MR) is 112 cm³/mol. The van der Waals surface area contributed by atoms with E-state index in [0.717, 1.165) is 24.3 Å². The van der Waals surface area contributed by atoms with Crippen LogP contribution < -0.4 is 10.2 Å². The van der Waals surface area contributed by atoms with E-state index in [2.05, 4.69) is 0 Å². The van der Waals surface area contributed by atoms with Gasteiger partial charge in [0.25, 0.3) is 0 Å². The van der Waals surface area contributed by atoms with E-state index in [-0.39, 0.29) is 34.5 Å². The Morgan fingerprint density at radius 1 is 0.909 bits per heavy atom. The third-order valence-corrected chi connectivity index (χ3v) is 5.76. The van der Waals surface area contributed by atoms with Crippen molar-refractivity contribution in [2.75, 3.05) is 6.61 Å². The molecule has 0 aliphatic heterocycles. The van der Waals surface area contributed by atoms with E-state index in [9.17, 15) is 45.6 Å². The molecular formula is C22H22O11. The molecule has 1 aliphatic carbocycles. The van der Waals surface area contributed by atoms with Gasteiger partial charge in [-0.1, -0.05) is 0 Å². The van der Waals surface area contributed by atoms with Crippen LogP contribution in [0.25, 0.3) is 22.3 Å². The van der Waals surface area contributed by atoms with Crippen molar-refractivity contribution >= 4 is 11.0 Å². The van der Waals surface area contributed by atoms with Crippen molar-refractivity contribution in [3.05, 3.63) is 40.6 Å². The van der Waals surface area contributed by atoms with Crippen LogP contribution in [-0.4, -0.2) is 71.9 Å². The monoisotopic (exact) mass is 462 g/mol. The van der Waals surface area contributed by atoms with Gasteiger partial charge in [-0.05, 0) is 24.6 Å². The van der Waals surface area contributed by atoms with Crippen LogP contribution in [0.15, 0.2) is 39.5 Å². The zero-order chi connectivity index (χ0) is 24.0. The lowest BCUT2D eigenvalue weighted by Crippen LogP contribution is -2.56. The zero-order valence-corrected chi connectivity index (χ0v) is 17.0. The van der Waals surface area contributed by atoms with Gasteiger partial charge in [0.15, 0.2) is 17.3 Å². The van der Waals surface area contributed by atoms with Crippen molar-refractivity contribution in [3.8, 4) is 40.1 Å². The minimum absolute atomic E-state index is 0.0757. The highest BCUT2D eigenvalue weighted by molar-refractivity contribution is 5.88. The van der Waals surface area contributed by atoms with Crippen LogP contribution in [0.2, 0.25) is 0 Å². The van der Waals surface area contributed by atoms with Crippen molar-refractivity contribution in [1.29, 1.82) is 0 Å². The van der Waals surface area contributed by atoms with Crippen LogP contribution in [0, 0.1) is 5.92 Å². The van der Waals surface area contributed by atoms with Gasteiger partial charge in [0.05, 0.1) is 6.10 Å². The van der Waals surface area contributed by atoms with Gasteiger partial charge in [-0.3, -0.25) is 4.79 Å². The molecule has 1 aliphatic rings. The lowest BCUT2D eigenvalue weighted by molar-refractivity contribution is -0.157. The molecule has 0 bridgehead atoms. The predicted octanol–water partition coefficient (Wildman–Crippen LogP) is 0.125. The Hall–Kier alpha value is -3.51. The molecule has 0 saturated heterocycles. The molecule has 0 unspecified atom stereocenters. The SMILES string of the molecule is O=c1c(O[C@H]2C[C@@H](CO)[C@H](O)[C@@H](O)[C@@H]2O)c(-c2ccc(O)c(O)c2)oc2cc(O)cc(O)c12. The highest BCUT2D eigenvalue weighted by Gasteiger charge is 2.44. The lowest BCUT2D eigenvalue weighted by atomic mass is 9.81. The van der Waals surface area contributed by atoms with Crippen LogP contribution in [0.4, 0.5) is 0 Å². The quantitative estimate of drug-likeness (QED) is 0.245. The molecule has 1 fully saturated rings. The van der Waals surface area contributed by atoms with Crippen molar-refractivity contribution < 1.29 is 50.0 Å². The first-order chi connectivity index (χ1) is 15.6. The number of aliphatic hydroxyl groups excluding tert-OH is 4. The van der Waals surface area contributed by atoms with E-state index in [4.69, 9.17) is 9.15 Å². The summed E-state index contributed by atoms with van der Waals surface area (Å²) in [6.07, 6.45) is -6.11. The zero-order valence-electron chi connectivity index (χ0n) is 17.0. The minimum Gasteiger partial charge on any atom is -0.508 e. The van der Waals surface area contributed by atoms with Gasteiger partial charge >= 0.3 is 0 Å². The molecule has 1 aromatic heterocycles. The highest BCUT2D eigenvalue weighted by Crippen LogP contribution is 2.39. The van der Waals surface area contributed by atoms with Gasteiger partial charge < -0.3 is 50.0 Å². The standard InChI is InChI=1S/C22H22O11/c23-7-9-4-15(18(29)20(31)17(9)28)33-22-19(30)16-13(27)5-10(24)6-14(16)32-21(22)8-1-2-11(25)12(26)3-8/h1-3,5-6,9,15,17-18,20,23-29,31H,4,7H2/t9-,15-,17-,18+,20+/m0/s1. The fraction of sp³-hybridized carbons (Fsp3) is 0.318. The number of ether oxygens (including phenoxy) is 1. The number of aliphatic hydroxyl groups is 4. The number of hydrogen-bond acceptors (Lipinski definition) is 11. The normalized spacial score (nSPS) is 25.3. The molecule has 176 valence electrons. The molecule has 33 heavy (non-hydrogen) atoms. The molecule has 11 heteroatoms. The average molecular weight is 462 g/mol. The lowest BCUT2D eigenvalue weighted by Gasteiger charge is -2.39. The van der Waals surface area contributed by atoms with E-state index in [1.165, 1.54) is 6.07 Å². The number of phenols is 4. The fourth-order valence-electron chi connectivity index (χ4n) is 3.96. The number of benzene rings is 2. The van der Waals surface area contributed by atoms with Gasteiger partial charge in [0.2, 0.25) is 11.2 Å². The van der Waals surface area contributed by atoms with Crippen LogP contribution in [0.3, 0.4) is 0 Å². The Balaban J connectivity index is 1.91. The molecule has 2 aromatic carbocycles.